The van der Waals surface area contributed by atoms with Crippen LogP contribution in [0.15, 0.2) is 29.3 Å². The zero-order valence-corrected chi connectivity index (χ0v) is 13.5. The summed E-state index contributed by atoms with van der Waals surface area (Å²) in [5.74, 6) is 2.10. The molecule has 5 heteroatoms. The number of piperidine rings is 1. The Kier molecular flexibility index (Phi) is 5.74. The van der Waals surface area contributed by atoms with Crippen molar-refractivity contribution in [2.24, 2.45) is 16.6 Å². The van der Waals surface area contributed by atoms with Crippen molar-refractivity contribution in [3.05, 3.63) is 29.3 Å². The maximum absolute atomic E-state index is 6.07. The minimum atomic E-state index is -0.0628. The zero-order valence-electron chi connectivity index (χ0n) is 12.8. The molecule has 0 aliphatic carbocycles. The summed E-state index contributed by atoms with van der Waals surface area (Å²) >= 11 is 6.07. The molecular formula is C16H24ClN3O. The number of hydrogen-bond donors (Lipinski definition) is 1. The van der Waals surface area contributed by atoms with E-state index in [9.17, 15) is 0 Å². The lowest BCUT2D eigenvalue weighted by Crippen LogP contribution is -2.43. The van der Waals surface area contributed by atoms with Crippen LogP contribution in [0.1, 0.15) is 26.7 Å². The largest absolute Gasteiger partial charge is 0.487 e. The van der Waals surface area contributed by atoms with Crippen LogP contribution in [0.5, 0.6) is 5.75 Å². The summed E-state index contributed by atoms with van der Waals surface area (Å²) in [5, 5.41) is 0.617. The lowest BCUT2D eigenvalue weighted by molar-refractivity contribution is 0.228. The van der Waals surface area contributed by atoms with Gasteiger partial charge in [-0.1, -0.05) is 30.7 Å². The van der Waals surface area contributed by atoms with E-state index in [4.69, 9.17) is 22.1 Å². The Morgan fingerprint density at radius 2 is 2.10 bits per heavy atom. The number of nitrogens with two attached hydrogens (primary N) is 1. The van der Waals surface area contributed by atoms with Crippen LogP contribution in [-0.4, -0.2) is 36.6 Å². The Hall–Kier alpha value is -1.42. The zero-order chi connectivity index (χ0) is 15.2. The summed E-state index contributed by atoms with van der Waals surface area (Å²) in [7, 11) is 0. The third kappa shape index (κ3) is 4.81. The second kappa shape index (κ2) is 7.55. The highest BCUT2D eigenvalue weighted by atomic mass is 35.5. The molecule has 1 saturated heterocycles. The first-order chi connectivity index (χ1) is 10.1. The Labute approximate surface area is 131 Å². The molecule has 2 N–H and O–H groups in total. The molecule has 0 aromatic heterocycles. The van der Waals surface area contributed by atoms with Crippen LogP contribution in [0, 0.1) is 5.92 Å². The summed E-state index contributed by atoms with van der Waals surface area (Å²) in [4.78, 5) is 6.61. The average molecular weight is 310 g/mol. The van der Waals surface area contributed by atoms with Crippen molar-refractivity contribution in [1.29, 1.82) is 0 Å². The minimum Gasteiger partial charge on any atom is -0.487 e. The smallest absolute Gasteiger partial charge is 0.191 e. The number of rotatable bonds is 4. The van der Waals surface area contributed by atoms with E-state index in [1.54, 1.807) is 0 Å². The predicted octanol–water partition coefficient (Wildman–Crippen LogP) is 3.15. The fraction of sp³-hybridized carbons (Fsp3) is 0.562. The van der Waals surface area contributed by atoms with Crippen LogP contribution in [0.4, 0.5) is 0 Å². The van der Waals surface area contributed by atoms with Gasteiger partial charge in [0.05, 0.1) is 11.6 Å². The normalized spacial score (nSPS) is 18.6. The molecule has 1 aliphatic heterocycles. The van der Waals surface area contributed by atoms with Gasteiger partial charge in [-0.3, -0.25) is 0 Å². The molecular weight excluding hydrogens is 286 g/mol. The molecule has 0 amide bonds. The van der Waals surface area contributed by atoms with E-state index in [1.165, 1.54) is 12.8 Å². The average Bonchev–Trinajstić information content (AvgIpc) is 2.48. The molecule has 4 nitrogen and oxygen atoms in total. The van der Waals surface area contributed by atoms with Crippen LogP contribution < -0.4 is 10.5 Å². The molecule has 116 valence electrons. The first kappa shape index (κ1) is 16.0. The van der Waals surface area contributed by atoms with Gasteiger partial charge in [-0.15, -0.1) is 0 Å². The number of likely N-dealkylation sites (tertiary alicyclic amines) is 1. The molecule has 2 rings (SSSR count). The van der Waals surface area contributed by atoms with Gasteiger partial charge >= 0.3 is 0 Å². The van der Waals surface area contributed by atoms with E-state index >= 15 is 0 Å². The standard InChI is InChI=1S/C16H24ClN3O/c1-12-7-9-20(10-8-12)16(18)19-11-13(2)21-15-6-4-3-5-14(15)17/h3-6,12-13H,7-11H2,1-2H3,(H2,18,19). The molecule has 0 spiro atoms. The Balaban J connectivity index is 1.84. The van der Waals surface area contributed by atoms with Gasteiger partial charge in [-0.2, -0.15) is 0 Å². The van der Waals surface area contributed by atoms with Gasteiger partial charge in [0.1, 0.15) is 11.9 Å². The van der Waals surface area contributed by atoms with Gasteiger partial charge < -0.3 is 15.4 Å². The number of ether oxygens (including phenoxy) is 1. The molecule has 1 aromatic rings. The molecule has 0 radical (unpaired) electrons. The molecule has 1 aromatic carbocycles. The topological polar surface area (TPSA) is 50.8 Å². The van der Waals surface area contributed by atoms with Crippen LogP contribution in [-0.2, 0) is 0 Å². The second-order valence-corrected chi connectivity index (χ2v) is 6.13. The van der Waals surface area contributed by atoms with Gasteiger partial charge in [-0.25, -0.2) is 4.99 Å². The number of halogens is 1. The van der Waals surface area contributed by atoms with Crippen molar-refractivity contribution < 1.29 is 4.74 Å². The summed E-state index contributed by atoms with van der Waals surface area (Å²) in [6, 6.07) is 7.46. The van der Waals surface area contributed by atoms with Crippen LogP contribution in [0.25, 0.3) is 0 Å². The molecule has 1 atom stereocenters. The number of hydrogen-bond acceptors (Lipinski definition) is 2. The Bertz CT molecular complexity index is 484. The molecule has 0 bridgehead atoms. The second-order valence-electron chi connectivity index (χ2n) is 5.73. The van der Waals surface area contributed by atoms with E-state index in [1.807, 2.05) is 31.2 Å². The van der Waals surface area contributed by atoms with Crippen LogP contribution in [0.2, 0.25) is 5.02 Å². The van der Waals surface area contributed by atoms with E-state index < -0.39 is 0 Å². The number of nitrogens with zero attached hydrogens (tertiary/aromatic N) is 2. The Morgan fingerprint density at radius 1 is 1.43 bits per heavy atom. The molecule has 1 unspecified atom stereocenters. The van der Waals surface area contributed by atoms with Crippen molar-refractivity contribution in [1.82, 2.24) is 4.90 Å². The van der Waals surface area contributed by atoms with E-state index in [0.29, 0.717) is 23.3 Å². The van der Waals surface area contributed by atoms with Crippen LogP contribution in [0.3, 0.4) is 0 Å². The number of guanidine groups is 1. The minimum absolute atomic E-state index is 0.0628. The van der Waals surface area contributed by atoms with Gasteiger partial charge in [0.2, 0.25) is 0 Å². The molecule has 0 saturated carbocycles. The summed E-state index contributed by atoms with van der Waals surface area (Å²) < 4.78 is 5.79. The van der Waals surface area contributed by atoms with E-state index in [-0.39, 0.29) is 6.10 Å². The quantitative estimate of drug-likeness (QED) is 0.686. The van der Waals surface area contributed by atoms with Crippen molar-refractivity contribution in [3.63, 3.8) is 0 Å². The van der Waals surface area contributed by atoms with Crippen LogP contribution >= 0.6 is 11.6 Å². The summed E-state index contributed by atoms with van der Waals surface area (Å²) in [6.07, 6.45) is 2.30. The molecule has 1 aliphatic rings. The van der Waals surface area contributed by atoms with E-state index in [2.05, 4.69) is 16.8 Å². The number of benzene rings is 1. The van der Waals surface area contributed by atoms with Crippen molar-refractivity contribution in [2.75, 3.05) is 19.6 Å². The first-order valence-corrected chi connectivity index (χ1v) is 7.90. The summed E-state index contributed by atoms with van der Waals surface area (Å²) in [5.41, 5.74) is 6.06. The van der Waals surface area contributed by atoms with Crippen molar-refractivity contribution in [2.45, 2.75) is 32.8 Å². The number of para-hydroxylation sites is 1. The highest BCUT2D eigenvalue weighted by Gasteiger charge is 2.17. The summed E-state index contributed by atoms with van der Waals surface area (Å²) in [6.45, 7) is 6.78. The fourth-order valence-electron chi connectivity index (χ4n) is 2.35. The maximum atomic E-state index is 6.07. The van der Waals surface area contributed by atoms with Gasteiger partial charge in [0, 0.05) is 13.1 Å². The third-order valence-corrected chi connectivity index (χ3v) is 4.10. The first-order valence-electron chi connectivity index (χ1n) is 7.52. The van der Waals surface area contributed by atoms with Gasteiger partial charge in [0.25, 0.3) is 0 Å². The number of aliphatic imine (C=N–C) groups is 1. The third-order valence-electron chi connectivity index (χ3n) is 3.78. The highest BCUT2D eigenvalue weighted by molar-refractivity contribution is 6.32. The van der Waals surface area contributed by atoms with Gasteiger partial charge in [0.15, 0.2) is 5.96 Å². The highest BCUT2D eigenvalue weighted by Crippen LogP contribution is 2.24. The fourth-order valence-corrected chi connectivity index (χ4v) is 2.53. The Morgan fingerprint density at radius 3 is 2.76 bits per heavy atom. The van der Waals surface area contributed by atoms with E-state index in [0.717, 1.165) is 19.0 Å². The van der Waals surface area contributed by atoms with Crippen molar-refractivity contribution in [3.8, 4) is 5.75 Å². The molecule has 21 heavy (non-hydrogen) atoms. The maximum Gasteiger partial charge on any atom is 0.191 e. The molecule has 1 fully saturated rings. The monoisotopic (exact) mass is 309 g/mol. The molecule has 1 heterocycles. The SMILES string of the molecule is CC1CCN(C(N)=NCC(C)Oc2ccccc2Cl)CC1. The van der Waals surface area contributed by atoms with Gasteiger partial charge in [-0.05, 0) is 37.8 Å². The lowest BCUT2D eigenvalue weighted by atomic mass is 10.00. The predicted molar refractivity (Wildman–Crippen MR) is 88.0 cm³/mol. The van der Waals surface area contributed by atoms with Crippen molar-refractivity contribution >= 4 is 17.6 Å². The lowest BCUT2D eigenvalue weighted by Gasteiger charge is -2.31.